The van der Waals surface area contributed by atoms with E-state index in [0.29, 0.717) is 28.4 Å². The number of ketones is 1. The molecule has 2 aliphatic rings. The molecule has 1 atom stereocenters. The Bertz CT molecular complexity index is 1140. The standard InChI is InChI=1S/C20H17N3O7/c21-10(19(26)27)6-12(24)8-2-1-3-14-17(8)23-18-9-4-5-11(20(28)29)22-16(9)13(25)7-15(18)30-14/h1-3,5,7,10,22-23,25H,4,6,21H2,(H,26,27)(H,28,29). The van der Waals surface area contributed by atoms with Gasteiger partial charge in [-0.3, -0.25) is 9.59 Å². The van der Waals surface area contributed by atoms with Gasteiger partial charge in [0.2, 0.25) is 0 Å². The van der Waals surface area contributed by atoms with Crippen molar-refractivity contribution in [1.82, 2.24) is 0 Å². The Kier molecular flexibility index (Phi) is 4.55. The number of aliphatic carboxylic acids is 2. The summed E-state index contributed by atoms with van der Waals surface area (Å²) in [6, 6.07) is 4.75. The number of nitrogens with two attached hydrogens (primary N) is 1. The molecule has 7 N–H and O–H groups in total. The van der Waals surface area contributed by atoms with E-state index < -0.39 is 23.8 Å². The Morgan fingerprint density at radius 2 is 1.87 bits per heavy atom. The summed E-state index contributed by atoms with van der Waals surface area (Å²) in [7, 11) is 0. The molecule has 0 aromatic heterocycles. The number of carbonyl (C=O) groups is 3. The highest BCUT2D eigenvalue weighted by Crippen LogP contribution is 2.51. The number of anilines is 3. The maximum atomic E-state index is 12.6. The number of aromatic hydroxyl groups is 1. The number of ether oxygens (including phenoxy) is 1. The van der Waals surface area contributed by atoms with Crippen molar-refractivity contribution in [2.75, 3.05) is 10.6 Å². The number of para-hydroxylation sites is 1. The lowest BCUT2D eigenvalue weighted by Gasteiger charge is -2.29. The van der Waals surface area contributed by atoms with Gasteiger partial charge in [-0.05, 0) is 24.6 Å². The molecule has 30 heavy (non-hydrogen) atoms. The third kappa shape index (κ3) is 3.18. The highest BCUT2D eigenvalue weighted by atomic mass is 16.5. The second-order valence-electron chi connectivity index (χ2n) is 6.85. The van der Waals surface area contributed by atoms with E-state index in [-0.39, 0.29) is 35.5 Å². The molecule has 1 unspecified atom stereocenters. The van der Waals surface area contributed by atoms with E-state index in [4.69, 9.17) is 15.6 Å². The number of allylic oxidation sites excluding steroid dienone is 1. The third-order valence-corrected chi connectivity index (χ3v) is 4.89. The Hall–Kier alpha value is -4.05. The van der Waals surface area contributed by atoms with Crippen LogP contribution < -0.4 is 21.1 Å². The number of hydrogen-bond acceptors (Lipinski definition) is 8. The van der Waals surface area contributed by atoms with Crippen molar-refractivity contribution in [2.24, 2.45) is 5.73 Å². The molecular weight excluding hydrogens is 394 g/mol. The average molecular weight is 411 g/mol. The zero-order valence-electron chi connectivity index (χ0n) is 15.4. The summed E-state index contributed by atoms with van der Waals surface area (Å²) < 4.78 is 5.85. The number of carboxylic acids is 2. The molecule has 0 bridgehead atoms. The highest BCUT2D eigenvalue weighted by Gasteiger charge is 2.30. The molecule has 2 heterocycles. The molecular formula is C20H17N3O7. The predicted molar refractivity (Wildman–Crippen MR) is 106 cm³/mol. The Balaban J connectivity index is 1.73. The third-order valence-electron chi connectivity index (χ3n) is 4.89. The Morgan fingerprint density at radius 1 is 1.10 bits per heavy atom. The molecule has 0 aliphatic carbocycles. The van der Waals surface area contributed by atoms with E-state index in [1.165, 1.54) is 18.2 Å². The monoisotopic (exact) mass is 411 g/mol. The van der Waals surface area contributed by atoms with Gasteiger partial charge in [-0.2, -0.15) is 0 Å². The number of benzene rings is 2. The van der Waals surface area contributed by atoms with Crippen LogP contribution >= 0.6 is 0 Å². The fourth-order valence-corrected chi connectivity index (χ4v) is 3.41. The van der Waals surface area contributed by atoms with E-state index in [1.54, 1.807) is 12.1 Å². The van der Waals surface area contributed by atoms with Crippen LogP contribution in [0.4, 0.5) is 17.1 Å². The molecule has 10 nitrogen and oxygen atoms in total. The number of phenols is 1. The first-order valence-electron chi connectivity index (χ1n) is 8.95. The van der Waals surface area contributed by atoms with Gasteiger partial charge in [0.15, 0.2) is 17.3 Å². The van der Waals surface area contributed by atoms with E-state index in [0.717, 1.165) is 0 Å². The van der Waals surface area contributed by atoms with Crippen LogP contribution in [0.1, 0.15) is 22.3 Å². The van der Waals surface area contributed by atoms with Gasteiger partial charge in [-0.25, -0.2) is 4.79 Å². The van der Waals surface area contributed by atoms with Crippen LogP contribution in [0.25, 0.3) is 0 Å². The topological polar surface area (TPSA) is 171 Å². The minimum Gasteiger partial charge on any atom is -0.506 e. The molecule has 10 heteroatoms. The van der Waals surface area contributed by atoms with E-state index in [9.17, 15) is 24.6 Å². The molecule has 0 amide bonds. The van der Waals surface area contributed by atoms with Crippen molar-refractivity contribution in [1.29, 1.82) is 0 Å². The van der Waals surface area contributed by atoms with E-state index in [2.05, 4.69) is 10.6 Å². The number of Topliss-reactive ketones (excluding diaryl/α,β-unsaturated/α-hetero) is 1. The number of carbonyl (C=O) groups excluding carboxylic acids is 1. The van der Waals surface area contributed by atoms with Crippen molar-refractivity contribution < 1.29 is 34.4 Å². The molecule has 154 valence electrons. The summed E-state index contributed by atoms with van der Waals surface area (Å²) in [6.07, 6.45) is 1.27. The predicted octanol–water partition coefficient (Wildman–Crippen LogP) is 2.16. The molecule has 0 spiro atoms. The lowest BCUT2D eigenvalue weighted by atomic mass is 9.97. The van der Waals surface area contributed by atoms with Crippen molar-refractivity contribution in [3.8, 4) is 17.2 Å². The first kappa shape index (κ1) is 19.3. The van der Waals surface area contributed by atoms with Crippen molar-refractivity contribution in [3.63, 3.8) is 0 Å². The lowest BCUT2D eigenvalue weighted by molar-refractivity contribution is -0.138. The summed E-state index contributed by atoms with van der Waals surface area (Å²) in [5.74, 6) is -2.46. The van der Waals surface area contributed by atoms with Gasteiger partial charge in [0.25, 0.3) is 0 Å². The van der Waals surface area contributed by atoms with Crippen LogP contribution in [0.3, 0.4) is 0 Å². The average Bonchev–Trinajstić information content (AvgIpc) is 2.71. The van der Waals surface area contributed by atoms with Gasteiger partial charge in [0.1, 0.15) is 17.5 Å². The van der Waals surface area contributed by atoms with Crippen molar-refractivity contribution in [2.45, 2.75) is 18.9 Å². The minimum absolute atomic E-state index is 0.0617. The van der Waals surface area contributed by atoms with Gasteiger partial charge in [-0.1, -0.05) is 6.07 Å². The van der Waals surface area contributed by atoms with E-state index in [1.807, 2.05) is 0 Å². The number of rotatable bonds is 5. The minimum atomic E-state index is -1.33. The van der Waals surface area contributed by atoms with Crippen LogP contribution in [0, 0.1) is 0 Å². The number of nitrogens with one attached hydrogen (secondary N) is 2. The normalized spacial score (nSPS) is 14.5. The molecule has 0 fully saturated rings. The zero-order valence-corrected chi connectivity index (χ0v) is 15.4. The zero-order chi connectivity index (χ0) is 21.6. The first-order valence-corrected chi connectivity index (χ1v) is 8.95. The molecule has 2 aromatic carbocycles. The molecule has 0 saturated carbocycles. The fourth-order valence-electron chi connectivity index (χ4n) is 3.41. The van der Waals surface area contributed by atoms with Crippen molar-refractivity contribution >= 4 is 34.8 Å². The Labute approximate surface area is 169 Å². The molecule has 2 aliphatic heterocycles. The number of carboxylic acid groups (broad SMARTS) is 2. The smallest absolute Gasteiger partial charge is 0.351 e. The van der Waals surface area contributed by atoms with E-state index >= 15 is 0 Å². The van der Waals surface area contributed by atoms with Crippen LogP contribution in [-0.4, -0.2) is 39.1 Å². The van der Waals surface area contributed by atoms with Crippen LogP contribution in [0.2, 0.25) is 0 Å². The first-order chi connectivity index (χ1) is 14.3. The quantitative estimate of drug-likeness (QED) is 0.208. The molecule has 0 saturated heterocycles. The maximum Gasteiger partial charge on any atom is 0.351 e. The fraction of sp³-hybridized carbons (Fsp3) is 0.150. The molecule has 0 radical (unpaired) electrons. The van der Waals surface area contributed by atoms with Gasteiger partial charge < -0.3 is 36.4 Å². The maximum absolute atomic E-state index is 12.6. The van der Waals surface area contributed by atoms with Crippen LogP contribution in [0.5, 0.6) is 17.2 Å². The van der Waals surface area contributed by atoms with Crippen LogP contribution in [0.15, 0.2) is 36.0 Å². The second-order valence-corrected chi connectivity index (χ2v) is 6.85. The number of fused-ring (bicyclic) bond motifs is 4. The van der Waals surface area contributed by atoms with Crippen LogP contribution in [-0.2, 0) is 16.0 Å². The summed E-state index contributed by atoms with van der Waals surface area (Å²) >= 11 is 0. The lowest BCUT2D eigenvalue weighted by Crippen LogP contribution is -2.32. The molecule has 2 aromatic rings. The number of hydrogen-bond donors (Lipinski definition) is 6. The van der Waals surface area contributed by atoms with Gasteiger partial charge in [0, 0.05) is 23.6 Å². The van der Waals surface area contributed by atoms with Gasteiger partial charge in [-0.15, -0.1) is 0 Å². The molecule has 4 rings (SSSR count). The summed E-state index contributed by atoms with van der Waals surface area (Å²) in [5.41, 5.74) is 7.23. The Morgan fingerprint density at radius 3 is 2.57 bits per heavy atom. The van der Waals surface area contributed by atoms with Gasteiger partial charge >= 0.3 is 11.9 Å². The highest BCUT2D eigenvalue weighted by molar-refractivity contribution is 6.06. The summed E-state index contributed by atoms with van der Waals surface area (Å²) in [6.45, 7) is 0. The summed E-state index contributed by atoms with van der Waals surface area (Å²) in [5, 5.41) is 34.3. The number of phenolic OH excluding ortho intramolecular Hbond substituents is 1. The largest absolute Gasteiger partial charge is 0.506 e. The van der Waals surface area contributed by atoms with Crippen molar-refractivity contribution in [3.05, 3.63) is 47.2 Å². The second kappa shape index (κ2) is 7.08. The summed E-state index contributed by atoms with van der Waals surface area (Å²) in [4.78, 5) is 34.9. The van der Waals surface area contributed by atoms with Gasteiger partial charge in [0.05, 0.1) is 17.1 Å². The SMILES string of the molecule is NC(CC(=O)c1cccc2c1Nc1c(cc(O)c3c1CC=C(C(=O)O)N3)O2)C(=O)O.